The van der Waals surface area contributed by atoms with Crippen LogP contribution in [0.25, 0.3) is 0 Å². The molecule has 0 saturated carbocycles. The first-order valence-electron chi connectivity index (χ1n) is 3.49. The monoisotopic (exact) mass is 158 g/mol. The van der Waals surface area contributed by atoms with Crippen molar-refractivity contribution in [2.24, 2.45) is 5.92 Å². The van der Waals surface area contributed by atoms with Gasteiger partial charge in [-0.2, -0.15) is 0 Å². The summed E-state index contributed by atoms with van der Waals surface area (Å²) in [5.41, 5.74) is 0. The molecule has 3 heteroatoms. The zero-order valence-electron chi connectivity index (χ0n) is 6.91. The Bertz CT molecular complexity index is 142. The smallest absolute Gasteiger partial charge is 0.308 e. The summed E-state index contributed by atoms with van der Waals surface area (Å²) in [6.07, 6.45) is 0.956. The second-order valence-electron chi connectivity index (χ2n) is 2.44. The minimum Gasteiger partial charge on any atom is -0.469 e. The van der Waals surface area contributed by atoms with Crippen LogP contribution in [-0.2, 0) is 9.53 Å². The second kappa shape index (κ2) is 4.91. The summed E-state index contributed by atoms with van der Waals surface area (Å²) >= 11 is 0. The van der Waals surface area contributed by atoms with Crippen molar-refractivity contribution in [2.75, 3.05) is 7.11 Å². The fraction of sp³-hybridized carbons (Fsp3) is 0.625. The Morgan fingerprint density at radius 2 is 2.36 bits per heavy atom. The summed E-state index contributed by atoms with van der Waals surface area (Å²) in [4.78, 5) is 10.6. The normalized spacial score (nSPS) is 15.2. The summed E-state index contributed by atoms with van der Waals surface area (Å²) in [5, 5.41) is 9.25. The fourth-order valence-electron chi connectivity index (χ4n) is 0.597. The molecule has 0 aromatic heterocycles. The van der Waals surface area contributed by atoms with Crippen molar-refractivity contribution in [1.29, 1.82) is 0 Å². The van der Waals surface area contributed by atoms with E-state index in [1.165, 1.54) is 7.11 Å². The van der Waals surface area contributed by atoms with Gasteiger partial charge < -0.3 is 9.84 Å². The maximum atomic E-state index is 10.6. The number of ether oxygens (including phenoxy) is 1. The number of aliphatic hydroxyl groups excluding tert-OH is 1. The minimum atomic E-state index is -0.681. The van der Waals surface area contributed by atoms with E-state index in [4.69, 9.17) is 0 Å². The lowest BCUT2D eigenvalue weighted by atomic mass is 10.0. The molecule has 1 N–H and O–H groups in total. The van der Waals surface area contributed by atoms with Gasteiger partial charge >= 0.3 is 5.97 Å². The minimum absolute atomic E-state index is 0.0314. The highest BCUT2D eigenvalue weighted by Crippen LogP contribution is 2.07. The number of carbonyl (C=O) groups excluding carboxylic acids is 1. The number of esters is 1. The molecular weight excluding hydrogens is 144 g/mol. The maximum absolute atomic E-state index is 10.6. The first-order chi connectivity index (χ1) is 5.11. The maximum Gasteiger partial charge on any atom is 0.308 e. The van der Waals surface area contributed by atoms with Crippen LogP contribution in [0, 0.1) is 5.92 Å². The number of methoxy groups -OCH3 is 1. The van der Waals surface area contributed by atoms with Crippen LogP contribution in [0.1, 0.15) is 13.3 Å². The van der Waals surface area contributed by atoms with Crippen LogP contribution in [0.15, 0.2) is 12.7 Å². The average Bonchev–Trinajstić information content (AvgIpc) is 2.02. The lowest BCUT2D eigenvalue weighted by Gasteiger charge is -2.12. The van der Waals surface area contributed by atoms with Gasteiger partial charge in [-0.15, -0.1) is 6.58 Å². The predicted molar refractivity (Wildman–Crippen MR) is 42.0 cm³/mol. The van der Waals surface area contributed by atoms with Gasteiger partial charge in [0.2, 0.25) is 0 Å². The van der Waals surface area contributed by atoms with E-state index in [1.54, 1.807) is 13.0 Å². The molecule has 0 spiro atoms. The SMILES string of the molecule is C=C[C@H](C)[C@H](O)CC(=O)OC. The van der Waals surface area contributed by atoms with Gasteiger partial charge in [0.1, 0.15) is 0 Å². The van der Waals surface area contributed by atoms with Crippen LogP contribution >= 0.6 is 0 Å². The molecule has 0 aromatic rings. The topological polar surface area (TPSA) is 46.5 Å². The molecule has 0 bridgehead atoms. The van der Waals surface area contributed by atoms with Gasteiger partial charge in [-0.05, 0) is 0 Å². The molecule has 0 fully saturated rings. The number of carbonyl (C=O) groups is 1. The number of hydrogen-bond donors (Lipinski definition) is 1. The van der Waals surface area contributed by atoms with Crippen molar-refractivity contribution >= 4 is 5.97 Å². The van der Waals surface area contributed by atoms with Crippen molar-refractivity contribution in [3.8, 4) is 0 Å². The molecule has 0 rings (SSSR count). The van der Waals surface area contributed by atoms with Gasteiger partial charge in [-0.1, -0.05) is 13.0 Å². The zero-order chi connectivity index (χ0) is 8.85. The Hall–Kier alpha value is -0.830. The lowest BCUT2D eigenvalue weighted by molar-refractivity contribution is -0.143. The van der Waals surface area contributed by atoms with E-state index in [0.717, 1.165) is 0 Å². The molecule has 0 heterocycles. The molecule has 0 amide bonds. The van der Waals surface area contributed by atoms with Gasteiger partial charge in [0.15, 0.2) is 0 Å². The van der Waals surface area contributed by atoms with E-state index < -0.39 is 12.1 Å². The third-order valence-corrected chi connectivity index (χ3v) is 1.58. The van der Waals surface area contributed by atoms with Gasteiger partial charge in [-0.3, -0.25) is 4.79 Å². The first-order valence-corrected chi connectivity index (χ1v) is 3.49. The molecule has 0 aliphatic rings. The Kier molecular flexibility index (Phi) is 4.54. The van der Waals surface area contributed by atoms with Crippen molar-refractivity contribution in [2.45, 2.75) is 19.4 Å². The van der Waals surface area contributed by atoms with Crippen LogP contribution in [0.4, 0.5) is 0 Å². The molecule has 0 aliphatic heterocycles. The van der Waals surface area contributed by atoms with Crippen LogP contribution in [0.2, 0.25) is 0 Å². The lowest BCUT2D eigenvalue weighted by Crippen LogP contribution is -2.20. The molecular formula is C8H14O3. The van der Waals surface area contributed by atoms with Crippen molar-refractivity contribution in [1.82, 2.24) is 0 Å². The van der Waals surface area contributed by atoms with Gasteiger partial charge in [0, 0.05) is 5.92 Å². The van der Waals surface area contributed by atoms with Gasteiger partial charge in [0.25, 0.3) is 0 Å². The molecule has 2 atom stereocenters. The third-order valence-electron chi connectivity index (χ3n) is 1.58. The van der Waals surface area contributed by atoms with E-state index in [9.17, 15) is 9.90 Å². The standard InChI is InChI=1S/C8H14O3/c1-4-6(2)7(9)5-8(10)11-3/h4,6-7,9H,1,5H2,2-3H3/t6-,7+/m0/s1. The summed E-state index contributed by atoms with van der Waals surface area (Å²) in [7, 11) is 1.30. The predicted octanol–water partition coefficient (Wildman–Crippen LogP) is 0.732. The van der Waals surface area contributed by atoms with E-state index in [0.29, 0.717) is 0 Å². The molecule has 3 nitrogen and oxygen atoms in total. The first kappa shape index (κ1) is 10.2. The summed E-state index contributed by atoms with van der Waals surface area (Å²) in [6.45, 7) is 5.29. The molecule has 0 radical (unpaired) electrons. The third kappa shape index (κ3) is 3.78. The zero-order valence-corrected chi connectivity index (χ0v) is 6.91. The Labute approximate surface area is 66.7 Å². The molecule has 11 heavy (non-hydrogen) atoms. The van der Waals surface area contributed by atoms with Crippen molar-refractivity contribution in [3.63, 3.8) is 0 Å². The average molecular weight is 158 g/mol. The summed E-state index contributed by atoms with van der Waals surface area (Å²) in [6, 6.07) is 0. The molecule has 64 valence electrons. The highest BCUT2D eigenvalue weighted by atomic mass is 16.5. The van der Waals surface area contributed by atoms with Gasteiger partial charge in [0.05, 0.1) is 19.6 Å². The van der Waals surface area contributed by atoms with Crippen molar-refractivity contribution in [3.05, 3.63) is 12.7 Å². The highest BCUT2D eigenvalue weighted by Gasteiger charge is 2.15. The van der Waals surface area contributed by atoms with E-state index in [2.05, 4.69) is 11.3 Å². The Balaban J connectivity index is 3.76. The quantitative estimate of drug-likeness (QED) is 0.484. The Morgan fingerprint density at radius 1 is 1.82 bits per heavy atom. The van der Waals surface area contributed by atoms with E-state index in [1.807, 2.05) is 0 Å². The molecule has 0 aliphatic carbocycles. The van der Waals surface area contributed by atoms with Crippen molar-refractivity contribution < 1.29 is 14.6 Å². The number of aliphatic hydroxyl groups is 1. The molecule has 0 saturated heterocycles. The number of rotatable bonds is 4. The van der Waals surface area contributed by atoms with Crippen LogP contribution in [0.3, 0.4) is 0 Å². The van der Waals surface area contributed by atoms with Crippen LogP contribution in [-0.4, -0.2) is 24.3 Å². The van der Waals surface area contributed by atoms with E-state index >= 15 is 0 Å². The summed E-state index contributed by atoms with van der Waals surface area (Å²) in [5.74, 6) is -0.472. The fourth-order valence-corrected chi connectivity index (χ4v) is 0.597. The van der Waals surface area contributed by atoms with Crippen LogP contribution < -0.4 is 0 Å². The second-order valence-corrected chi connectivity index (χ2v) is 2.44. The highest BCUT2D eigenvalue weighted by molar-refractivity contribution is 5.69. The largest absolute Gasteiger partial charge is 0.469 e. The number of hydrogen-bond acceptors (Lipinski definition) is 3. The molecule has 0 aromatic carbocycles. The molecule has 0 unspecified atom stereocenters. The van der Waals surface area contributed by atoms with Crippen LogP contribution in [0.5, 0.6) is 0 Å². The summed E-state index contributed by atoms with van der Waals surface area (Å²) < 4.78 is 4.38. The van der Waals surface area contributed by atoms with Gasteiger partial charge in [-0.25, -0.2) is 0 Å². The van der Waals surface area contributed by atoms with E-state index in [-0.39, 0.29) is 12.3 Å². The Morgan fingerprint density at radius 3 is 2.73 bits per heavy atom.